The molecule has 9 heteroatoms. The molecule has 1 aliphatic rings. The van der Waals surface area contributed by atoms with Crippen molar-refractivity contribution >= 4 is 23.5 Å². The van der Waals surface area contributed by atoms with E-state index in [4.69, 9.17) is 4.74 Å². The predicted octanol–water partition coefficient (Wildman–Crippen LogP) is 1.90. The molecule has 0 atom stereocenters. The van der Waals surface area contributed by atoms with Crippen LogP contribution in [-0.2, 0) is 4.74 Å². The van der Waals surface area contributed by atoms with Gasteiger partial charge in [0.1, 0.15) is 11.4 Å². The second-order valence-electron chi connectivity index (χ2n) is 5.82. The van der Waals surface area contributed by atoms with Gasteiger partial charge in [0.2, 0.25) is 0 Å². The summed E-state index contributed by atoms with van der Waals surface area (Å²) in [5.74, 6) is -0.737. The summed E-state index contributed by atoms with van der Waals surface area (Å²) in [5, 5.41) is 24.9. The van der Waals surface area contributed by atoms with Crippen molar-refractivity contribution in [3.8, 4) is 5.75 Å². The second kappa shape index (κ2) is 8.28. The number of nitro benzene ring substituents is 1. The van der Waals surface area contributed by atoms with Gasteiger partial charge < -0.3 is 14.7 Å². The largest absolute Gasteiger partial charge is 0.507 e. The van der Waals surface area contributed by atoms with Gasteiger partial charge >= 0.3 is 0 Å². The molecular weight excluding hydrogens is 352 g/mol. The maximum atomic E-state index is 12.0. The highest BCUT2D eigenvalue weighted by Crippen LogP contribution is 2.29. The zero-order valence-electron chi connectivity index (χ0n) is 14.4. The zero-order chi connectivity index (χ0) is 19.2. The summed E-state index contributed by atoms with van der Waals surface area (Å²) in [6.07, 6.45) is 1.31. The summed E-state index contributed by atoms with van der Waals surface area (Å²) in [4.78, 5) is 24.9. The third-order valence-corrected chi connectivity index (χ3v) is 4.08. The van der Waals surface area contributed by atoms with E-state index in [0.29, 0.717) is 37.6 Å². The topological polar surface area (TPSA) is 117 Å². The number of nitro groups is 1. The fraction of sp³-hybridized carbons (Fsp3) is 0.222. The molecule has 0 spiro atoms. The Labute approximate surface area is 155 Å². The van der Waals surface area contributed by atoms with Crippen LogP contribution in [0.2, 0.25) is 0 Å². The fourth-order valence-corrected chi connectivity index (χ4v) is 2.73. The van der Waals surface area contributed by atoms with E-state index >= 15 is 0 Å². The number of hydrogen-bond donors (Lipinski definition) is 2. The Morgan fingerprint density at radius 3 is 2.70 bits per heavy atom. The molecule has 0 aliphatic carbocycles. The SMILES string of the molecule is O=C(N/N=C/c1ccc(N2CCOCC2)c([N+](=O)[O-])c1)c1ccccc1O. The molecule has 1 heterocycles. The number of carbonyl (C=O) groups excluding carboxylic acids is 1. The molecular formula is C18H18N4O5. The number of phenols is 1. The lowest BCUT2D eigenvalue weighted by atomic mass is 10.1. The van der Waals surface area contributed by atoms with E-state index in [1.807, 2.05) is 4.90 Å². The fourth-order valence-electron chi connectivity index (χ4n) is 2.73. The Bertz CT molecular complexity index is 878. The number of ether oxygens (including phenoxy) is 1. The van der Waals surface area contributed by atoms with Crippen molar-refractivity contribution in [1.82, 2.24) is 5.43 Å². The molecule has 1 amide bonds. The van der Waals surface area contributed by atoms with Crippen LogP contribution in [0.5, 0.6) is 5.75 Å². The van der Waals surface area contributed by atoms with E-state index in [9.17, 15) is 20.0 Å². The van der Waals surface area contributed by atoms with Crippen molar-refractivity contribution in [1.29, 1.82) is 0 Å². The number of benzene rings is 2. The minimum absolute atomic E-state index is 0.0344. The minimum atomic E-state index is -0.580. The number of carbonyl (C=O) groups is 1. The zero-order valence-corrected chi connectivity index (χ0v) is 14.4. The lowest BCUT2D eigenvalue weighted by Crippen LogP contribution is -2.36. The van der Waals surface area contributed by atoms with Crippen LogP contribution in [0.3, 0.4) is 0 Å². The number of aromatic hydroxyl groups is 1. The highest BCUT2D eigenvalue weighted by molar-refractivity contribution is 5.97. The van der Waals surface area contributed by atoms with Gasteiger partial charge in [-0.15, -0.1) is 0 Å². The number of hydrazone groups is 1. The molecule has 140 valence electrons. The van der Waals surface area contributed by atoms with Gasteiger partial charge in [0.05, 0.1) is 29.9 Å². The van der Waals surface area contributed by atoms with Gasteiger partial charge in [-0.2, -0.15) is 5.10 Å². The summed E-state index contributed by atoms with van der Waals surface area (Å²) in [7, 11) is 0. The molecule has 0 radical (unpaired) electrons. The van der Waals surface area contributed by atoms with E-state index in [-0.39, 0.29) is 17.0 Å². The van der Waals surface area contributed by atoms with Gasteiger partial charge in [-0.3, -0.25) is 14.9 Å². The van der Waals surface area contributed by atoms with Gasteiger partial charge in [0, 0.05) is 24.7 Å². The predicted molar refractivity (Wildman–Crippen MR) is 99.3 cm³/mol. The summed E-state index contributed by atoms with van der Waals surface area (Å²) in [5.41, 5.74) is 3.34. The molecule has 1 fully saturated rings. The van der Waals surface area contributed by atoms with Crippen LogP contribution >= 0.6 is 0 Å². The number of para-hydroxylation sites is 1. The monoisotopic (exact) mass is 370 g/mol. The summed E-state index contributed by atoms with van der Waals surface area (Å²) >= 11 is 0. The van der Waals surface area contributed by atoms with E-state index in [1.165, 1.54) is 24.4 Å². The number of anilines is 1. The van der Waals surface area contributed by atoms with E-state index < -0.39 is 10.8 Å². The molecule has 1 aliphatic heterocycles. The molecule has 3 rings (SSSR count). The Kier molecular flexibility index (Phi) is 5.62. The van der Waals surface area contributed by atoms with Crippen LogP contribution in [0.4, 0.5) is 11.4 Å². The summed E-state index contributed by atoms with van der Waals surface area (Å²) in [6, 6.07) is 10.8. The second-order valence-corrected chi connectivity index (χ2v) is 5.82. The van der Waals surface area contributed by atoms with Crippen LogP contribution in [0, 0.1) is 10.1 Å². The number of rotatable bonds is 5. The Hall–Kier alpha value is -3.46. The Morgan fingerprint density at radius 2 is 2.00 bits per heavy atom. The third kappa shape index (κ3) is 4.39. The molecule has 2 aromatic carbocycles. The first-order chi connectivity index (χ1) is 13.1. The van der Waals surface area contributed by atoms with Gasteiger partial charge in [0.15, 0.2) is 0 Å². The summed E-state index contributed by atoms with van der Waals surface area (Å²) in [6.45, 7) is 2.23. The number of hydrogen-bond acceptors (Lipinski definition) is 7. The highest BCUT2D eigenvalue weighted by atomic mass is 16.6. The lowest BCUT2D eigenvalue weighted by Gasteiger charge is -2.28. The van der Waals surface area contributed by atoms with Crippen LogP contribution in [0.25, 0.3) is 0 Å². The number of amides is 1. The molecule has 0 saturated carbocycles. The van der Waals surface area contributed by atoms with Crippen molar-refractivity contribution < 1.29 is 19.6 Å². The number of nitrogens with one attached hydrogen (secondary N) is 1. The quantitative estimate of drug-likeness (QED) is 0.472. The van der Waals surface area contributed by atoms with Crippen molar-refractivity contribution in [2.75, 3.05) is 31.2 Å². The van der Waals surface area contributed by atoms with Crippen molar-refractivity contribution in [2.45, 2.75) is 0 Å². The lowest BCUT2D eigenvalue weighted by molar-refractivity contribution is -0.384. The van der Waals surface area contributed by atoms with Crippen molar-refractivity contribution in [3.05, 3.63) is 63.7 Å². The van der Waals surface area contributed by atoms with Gasteiger partial charge in [-0.1, -0.05) is 18.2 Å². The molecule has 2 N–H and O–H groups in total. The number of phenolic OH excluding ortho intramolecular Hbond substituents is 1. The first-order valence-electron chi connectivity index (χ1n) is 8.29. The van der Waals surface area contributed by atoms with Crippen LogP contribution in [0.15, 0.2) is 47.6 Å². The molecule has 9 nitrogen and oxygen atoms in total. The smallest absolute Gasteiger partial charge is 0.293 e. The number of morpholine rings is 1. The standard InChI is InChI=1S/C18H18N4O5/c23-17-4-2-1-3-14(17)18(24)20-19-12-13-5-6-15(16(11-13)22(25)26)21-7-9-27-10-8-21/h1-6,11-12,23H,7-10H2,(H,20,24)/b19-12+. The molecule has 0 bridgehead atoms. The van der Waals surface area contributed by atoms with Crippen molar-refractivity contribution in [2.24, 2.45) is 5.10 Å². The third-order valence-electron chi connectivity index (χ3n) is 4.08. The first-order valence-corrected chi connectivity index (χ1v) is 8.29. The van der Waals surface area contributed by atoms with Crippen LogP contribution < -0.4 is 10.3 Å². The first kappa shape index (κ1) is 18.3. The molecule has 0 aromatic heterocycles. The Balaban J connectivity index is 1.74. The van der Waals surface area contributed by atoms with Crippen molar-refractivity contribution in [3.63, 3.8) is 0 Å². The maximum Gasteiger partial charge on any atom is 0.293 e. The molecule has 2 aromatic rings. The summed E-state index contributed by atoms with van der Waals surface area (Å²) < 4.78 is 5.27. The van der Waals surface area contributed by atoms with E-state index in [1.54, 1.807) is 24.3 Å². The average Bonchev–Trinajstić information content (AvgIpc) is 2.68. The van der Waals surface area contributed by atoms with Gasteiger partial charge in [-0.25, -0.2) is 5.43 Å². The normalized spacial score (nSPS) is 14.3. The molecule has 27 heavy (non-hydrogen) atoms. The number of nitrogens with zero attached hydrogens (tertiary/aromatic N) is 3. The van der Waals surface area contributed by atoms with Gasteiger partial charge in [-0.05, 0) is 18.2 Å². The molecule has 1 saturated heterocycles. The van der Waals surface area contributed by atoms with E-state index in [0.717, 1.165) is 0 Å². The Morgan fingerprint density at radius 1 is 1.26 bits per heavy atom. The minimum Gasteiger partial charge on any atom is -0.507 e. The molecule has 0 unspecified atom stereocenters. The average molecular weight is 370 g/mol. The maximum absolute atomic E-state index is 12.0. The van der Waals surface area contributed by atoms with E-state index in [2.05, 4.69) is 10.5 Å². The van der Waals surface area contributed by atoms with Gasteiger partial charge in [0.25, 0.3) is 11.6 Å². The van der Waals surface area contributed by atoms with Crippen LogP contribution in [-0.4, -0.2) is 48.5 Å². The highest BCUT2D eigenvalue weighted by Gasteiger charge is 2.21. The van der Waals surface area contributed by atoms with Crippen LogP contribution in [0.1, 0.15) is 15.9 Å².